The van der Waals surface area contributed by atoms with Crippen molar-refractivity contribution in [2.75, 3.05) is 13.1 Å². The summed E-state index contributed by atoms with van der Waals surface area (Å²) < 4.78 is 0. The number of non-ortho nitro benzene ring substituents is 1. The van der Waals surface area contributed by atoms with Crippen LogP contribution >= 0.6 is 0 Å². The summed E-state index contributed by atoms with van der Waals surface area (Å²) in [6, 6.07) is 5.92. The molecule has 156 valence electrons. The number of hydrogen-bond acceptors (Lipinski definition) is 5. The third kappa shape index (κ3) is 5.89. The Kier molecular flexibility index (Phi) is 7.49. The van der Waals surface area contributed by atoms with E-state index in [4.69, 9.17) is 10.2 Å². The summed E-state index contributed by atoms with van der Waals surface area (Å²) in [6.07, 6.45) is 5.32. The number of carbonyl (C=O) groups is 2. The van der Waals surface area contributed by atoms with Crippen LogP contribution in [0.3, 0.4) is 0 Å². The number of carboxylic acid groups (broad SMARTS) is 2. The Morgan fingerprint density at radius 1 is 1.21 bits per heavy atom. The molecule has 1 aromatic carbocycles. The van der Waals surface area contributed by atoms with E-state index in [1.54, 1.807) is 12.1 Å². The first kappa shape index (κ1) is 22.1. The molecule has 0 saturated carbocycles. The van der Waals surface area contributed by atoms with Gasteiger partial charge in [0.2, 0.25) is 0 Å². The van der Waals surface area contributed by atoms with Crippen LogP contribution in [0.1, 0.15) is 38.2 Å². The first-order valence-electron chi connectivity index (χ1n) is 9.33. The minimum absolute atomic E-state index is 0.165. The van der Waals surface area contributed by atoms with Crippen molar-refractivity contribution in [3.8, 4) is 0 Å². The van der Waals surface area contributed by atoms with Crippen LogP contribution in [0.2, 0.25) is 0 Å². The number of nitrogens with zero attached hydrogens (tertiary/aromatic N) is 2. The molecule has 2 heterocycles. The number of fused-ring (bicyclic) bond motifs is 1. The molecule has 3 rings (SSSR count). The lowest BCUT2D eigenvalue weighted by atomic mass is 9.88. The van der Waals surface area contributed by atoms with Crippen molar-refractivity contribution >= 4 is 28.5 Å². The van der Waals surface area contributed by atoms with Gasteiger partial charge in [0.1, 0.15) is 5.52 Å². The van der Waals surface area contributed by atoms with Gasteiger partial charge in [-0.2, -0.15) is 0 Å². The van der Waals surface area contributed by atoms with Gasteiger partial charge in [-0.1, -0.05) is 12.1 Å². The molecule has 0 bridgehead atoms. The lowest BCUT2D eigenvalue weighted by molar-refractivity contribution is -0.383. The summed E-state index contributed by atoms with van der Waals surface area (Å²) in [5.74, 6) is -2.02. The summed E-state index contributed by atoms with van der Waals surface area (Å²) in [7, 11) is 0. The van der Waals surface area contributed by atoms with Gasteiger partial charge < -0.3 is 20.1 Å². The predicted molar refractivity (Wildman–Crippen MR) is 108 cm³/mol. The summed E-state index contributed by atoms with van der Waals surface area (Å²) in [5.41, 5.74) is 2.05. The van der Waals surface area contributed by atoms with Gasteiger partial charge >= 0.3 is 11.9 Å². The average molecular weight is 403 g/mol. The molecule has 0 aliphatic carbocycles. The van der Waals surface area contributed by atoms with Crippen LogP contribution in [0.25, 0.3) is 10.9 Å². The lowest BCUT2D eigenvalue weighted by Gasteiger charge is -2.34. The zero-order chi connectivity index (χ0) is 21.6. The van der Waals surface area contributed by atoms with Crippen molar-refractivity contribution in [1.29, 1.82) is 0 Å². The van der Waals surface area contributed by atoms with Gasteiger partial charge in [-0.05, 0) is 51.3 Å². The Hall–Kier alpha value is -3.20. The maximum atomic E-state index is 11.1. The molecule has 1 aliphatic heterocycles. The standard InChI is InChI=1S/C16H21N3O2.C4H4O4/c1-11(2)18-8-6-12(7-9-18)14-10-17-16-13(14)4-3-5-15(16)19(20)21;5-3(6)1-2-4(7)8/h3-5,10-12,17H,6-9H2,1-2H3;1-2H,(H,5,6)(H,7,8). The first-order chi connectivity index (χ1) is 13.7. The van der Waals surface area contributed by atoms with E-state index >= 15 is 0 Å². The van der Waals surface area contributed by atoms with Crippen LogP contribution in [0, 0.1) is 10.1 Å². The Labute approximate surface area is 167 Å². The lowest BCUT2D eigenvalue weighted by Crippen LogP contribution is -2.37. The Morgan fingerprint density at radius 2 is 1.79 bits per heavy atom. The number of carboxylic acids is 2. The number of para-hydroxylation sites is 1. The molecule has 0 spiro atoms. The van der Waals surface area contributed by atoms with Crippen molar-refractivity contribution in [3.63, 3.8) is 0 Å². The molecule has 3 N–H and O–H groups in total. The predicted octanol–water partition coefficient (Wildman–Crippen LogP) is 3.38. The van der Waals surface area contributed by atoms with Crippen LogP contribution in [0.4, 0.5) is 5.69 Å². The van der Waals surface area contributed by atoms with E-state index in [2.05, 4.69) is 23.7 Å². The third-order valence-corrected chi connectivity index (χ3v) is 4.99. The molecule has 1 fully saturated rings. The van der Waals surface area contributed by atoms with Crippen LogP contribution in [0.5, 0.6) is 0 Å². The largest absolute Gasteiger partial charge is 0.478 e. The maximum absolute atomic E-state index is 11.1. The normalized spacial score (nSPS) is 15.4. The zero-order valence-corrected chi connectivity index (χ0v) is 16.4. The van der Waals surface area contributed by atoms with Crippen LogP contribution < -0.4 is 0 Å². The number of nitro groups is 1. The minimum atomic E-state index is -1.26. The Morgan fingerprint density at radius 3 is 2.28 bits per heavy atom. The van der Waals surface area contributed by atoms with Crippen LogP contribution in [-0.2, 0) is 9.59 Å². The van der Waals surface area contributed by atoms with Gasteiger partial charge in [0.25, 0.3) is 5.69 Å². The molecule has 0 radical (unpaired) electrons. The molecule has 2 aromatic rings. The quantitative estimate of drug-likeness (QED) is 0.395. The number of hydrogen-bond donors (Lipinski definition) is 3. The fraction of sp³-hybridized carbons (Fsp3) is 0.400. The molecule has 0 unspecified atom stereocenters. The van der Waals surface area contributed by atoms with Crippen molar-refractivity contribution in [1.82, 2.24) is 9.88 Å². The number of aromatic amines is 1. The van der Waals surface area contributed by atoms with E-state index in [0.717, 1.165) is 31.3 Å². The number of nitrogens with one attached hydrogen (secondary N) is 1. The van der Waals surface area contributed by atoms with Crippen molar-refractivity contribution in [2.45, 2.75) is 38.6 Å². The second-order valence-electron chi connectivity index (χ2n) is 7.11. The second kappa shape index (κ2) is 9.83. The van der Waals surface area contributed by atoms with Gasteiger partial charge in [0.15, 0.2) is 0 Å². The van der Waals surface area contributed by atoms with Crippen LogP contribution in [-0.4, -0.2) is 56.1 Å². The molecule has 29 heavy (non-hydrogen) atoms. The van der Waals surface area contributed by atoms with Gasteiger partial charge in [-0.25, -0.2) is 9.59 Å². The maximum Gasteiger partial charge on any atom is 0.328 e. The molecule has 1 aliphatic rings. The third-order valence-electron chi connectivity index (χ3n) is 4.99. The topological polar surface area (TPSA) is 137 Å². The average Bonchev–Trinajstić information content (AvgIpc) is 3.11. The van der Waals surface area contributed by atoms with Gasteiger partial charge in [0, 0.05) is 35.8 Å². The highest BCUT2D eigenvalue weighted by atomic mass is 16.6. The minimum Gasteiger partial charge on any atom is -0.478 e. The zero-order valence-electron chi connectivity index (χ0n) is 16.4. The molecule has 9 nitrogen and oxygen atoms in total. The first-order valence-corrected chi connectivity index (χ1v) is 9.33. The molecular weight excluding hydrogens is 378 g/mol. The van der Waals surface area contributed by atoms with E-state index < -0.39 is 11.9 Å². The van der Waals surface area contributed by atoms with Gasteiger partial charge in [-0.15, -0.1) is 0 Å². The molecule has 0 atom stereocenters. The van der Waals surface area contributed by atoms with Crippen molar-refractivity contribution in [3.05, 3.63) is 52.2 Å². The molecule has 1 saturated heterocycles. The summed E-state index contributed by atoms with van der Waals surface area (Å²) in [5, 5.41) is 27.7. The number of aromatic nitrogens is 1. The number of likely N-dealkylation sites (tertiary alicyclic amines) is 1. The Bertz CT molecular complexity index is 894. The molecule has 1 aromatic heterocycles. The Balaban J connectivity index is 0.000000321. The number of aliphatic carboxylic acids is 2. The number of H-pyrrole nitrogens is 1. The van der Waals surface area contributed by atoms with E-state index in [1.807, 2.05) is 12.3 Å². The van der Waals surface area contributed by atoms with Crippen molar-refractivity contribution < 1.29 is 24.7 Å². The van der Waals surface area contributed by atoms with Gasteiger partial charge in [0.05, 0.1) is 4.92 Å². The molecule has 9 heteroatoms. The second-order valence-corrected chi connectivity index (χ2v) is 7.11. The number of nitro benzene ring substituents is 1. The SMILES string of the molecule is CC(C)N1CCC(c2c[nH]c3c([N+](=O)[O-])cccc23)CC1.O=C(O)C=CC(=O)O. The van der Waals surface area contributed by atoms with Crippen molar-refractivity contribution in [2.24, 2.45) is 0 Å². The smallest absolute Gasteiger partial charge is 0.328 e. The summed E-state index contributed by atoms with van der Waals surface area (Å²) >= 11 is 0. The van der Waals surface area contributed by atoms with Gasteiger partial charge in [-0.3, -0.25) is 10.1 Å². The fourth-order valence-corrected chi connectivity index (χ4v) is 3.52. The number of piperidine rings is 1. The van der Waals surface area contributed by atoms with E-state index in [9.17, 15) is 19.7 Å². The highest BCUT2D eigenvalue weighted by Crippen LogP contribution is 2.36. The monoisotopic (exact) mass is 403 g/mol. The highest BCUT2D eigenvalue weighted by Gasteiger charge is 2.25. The number of benzene rings is 1. The number of rotatable bonds is 5. The molecule has 0 amide bonds. The summed E-state index contributed by atoms with van der Waals surface area (Å²) in [4.78, 5) is 35.5. The van der Waals surface area contributed by atoms with E-state index in [1.165, 1.54) is 5.56 Å². The van der Waals surface area contributed by atoms with Crippen LogP contribution in [0.15, 0.2) is 36.5 Å². The summed E-state index contributed by atoms with van der Waals surface area (Å²) in [6.45, 7) is 6.67. The molecular formula is C20H25N3O6. The van der Waals surface area contributed by atoms with E-state index in [0.29, 0.717) is 29.6 Å². The highest BCUT2D eigenvalue weighted by molar-refractivity contribution is 5.91. The van der Waals surface area contributed by atoms with E-state index in [-0.39, 0.29) is 10.6 Å². The fourth-order valence-electron chi connectivity index (χ4n) is 3.52.